The molecule has 0 aromatic rings. The van der Waals surface area contributed by atoms with Gasteiger partial charge in [-0.25, -0.2) is 4.79 Å². The maximum atomic E-state index is 10.8. The van der Waals surface area contributed by atoms with Crippen LogP contribution in [-0.4, -0.2) is 59.0 Å². The number of piperidine rings is 1. The quantitative estimate of drug-likeness (QED) is 0.721. The monoisotopic (exact) mass is 244 g/mol. The van der Waals surface area contributed by atoms with Crippen LogP contribution >= 0.6 is 12.6 Å². The average Bonchev–Trinajstić information content (AvgIpc) is 2.65. The zero-order valence-electron chi connectivity index (χ0n) is 9.51. The van der Waals surface area contributed by atoms with Gasteiger partial charge in [0.1, 0.15) is 0 Å². The fraction of sp³-hybridized carbons (Fsp3) is 0.909. The van der Waals surface area contributed by atoms with Crippen LogP contribution in [0.15, 0.2) is 0 Å². The summed E-state index contributed by atoms with van der Waals surface area (Å²) in [5.41, 5.74) is 0. The maximum Gasteiger partial charge on any atom is 0.407 e. The van der Waals surface area contributed by atoms with Crippen LogP contribution in [0.25, 0.3) is 0 Å². The molecule has 16 heavy (non-hydrogen) atoms. The highest BCUT2D eigenvalue weighted by molar-refractivity contribution is 7.81. The highest BCUT2D eigenvalue weighted by atomic mass is 32.1. The fourth-order valence-corrected chi connectivity index (χ4v) is 3.00. The molecule has 1 atom stereocenters. The zero-order chi connectivity index (χ0) is 11.5. The molecule has 0 spiro atoms. The smallest absolute Gasteiger partial charge is 0.407 e. The third kappa shape index (κ3) is 3.04. The molecule has 0 radical (unpaired) electrons. The fourth-order valence-electron chi connectivity index (χ4n) is 2.65. The molecule has 0 aromatic carbocycles. The molecule has 2 fully saturated rings. The minimum atomic E-state index is -0.768. The summed E-state index contributed by atoms with van der Waals surface area (Å²) in [6.07, 6.45) is 2.45. The van der Waals surface area contributed by atoms with Crippen molar-refractivity contribution in [1.29, 1.82) is 0 Å². The van der Waals surface area contributed by atoms with Crippen LogP contribution in [0.3, 0.4) is 0 Å². The lowest BCUT2D eigenvalue weighted by molar-refractivity contribution is 0.116. The van der Waals surface area contributed by atoms with Gasteiger partial charge in [-0.15, -0.1) is 0 Å². The molecule has 2 saturated heterocycles. The van der Waals surface area contributed by atoms with Gasteiger partial charge < -0.3 is 14.9 Å². The number of carbonyl (C=O) groups is 1. The van der Waals surface area contributed by atoms with E-state index in [2.05, 4.69) is 17.5 Å². The molecule has 2 aliphatic heterocycles. The van der Waals surface area contributed by atoms with E-state index in [1.165, 1.54) is 11.3 Å². The molecule has 2 rings (SSSR count). The number of likely N-dealkylation sites (tertiary alicyclic amines) is 2. The predicted molar refractivity (Wildman–Crippen MR) is 66.2 cm³/mol. The molecule has 92 valence electrons. The summed E-state index contributed by atoms with van der Waals surface area (Å²) < 4.78 is 0. The lowest BCUT2D eigenvalue weighted by atomic mass is 9.96. The molecule has 2 aliphatic rings. The van der Waals surface area contributed by atoms with Crippen LogP contribution in [0, 0.1) is 5.92 Å². The minimum absolute atomic E-state index is 0.541. The lowest BCUT2D eigenvalue weighted by Gasteiger charge is -2.32. The van der Waals surface area contributed by atoms with E-state index < -0.39 is 6.09 Å². The Bertz CT molecular complexity index is 254. The van der Waals surface area contributed by atoms with Gasteiger partial charge in [0, 0.05) is 31.4 Å². The molecule has 1 N–H and O–H groups in total. The SMILES string of the molecule is O=C(O)N1CCC(CN2CC[C@@H](S)C2)CC1. The van der Waals surface area contributed by atoms with Crippen molar-refractivity contribution in [2.45, 2.75) is 24.5 Å². The van der Waals surface area contributed by atoms with Crippen molar-refractivity contribution in [2.24, 2.45) is 5.92 Å². The summed E-state index contributed by atoms with van der Waals surface area (Å²) >= 11 is 4.48. The Morgan fingerprint density at radius 2 is 1.94 bits per heavy atom. The lowest BCUT2D eigenvalue weighted by Crippen LogP contribution is -2.40. The zero-order valence-corrected chi connectivity index (χ0v) is 10.4. The van der Waals surface area contributed by atoms with Crippen molar-refractivity contribution in [3.05, 3.63) is 0 Å². The van der Waals surface area contributed by atoms with Gasteiger partial charge in [-0.3, -0.25) is 0 Å². The Morgan fingerprint density at radius 3 is 2.44 bits per heavy atom. The summed E-state index contributed by atoms with van der Waals surface area (Å²) in [6, 6.07) is 0. The van der Waals surface area contributed by atoms with E-state index >= 15 is 0 Å². The van der Waals surface area contributed by atoms with Crippen molar-refractivity contribution in [2.75, 3.05) is 32.7 Å². The van der Waals surface area contributed by atoms with Crippen molar-refractivity contribution in [1.82, 2.24) is 9.80 Å². The predicted octanol–water partition coefficient (Wildman–Crippen LogP) is 1.38. The van der Waals surface area contributed by atoms with Crippen molar-refractivity contribution < 1.29 is 9.90 Å². The van der Waals surface area contributed by atoms with Crippen molar-refractivity contribution in [3.8, 4) is 0 Å². The first-order valence-corrected chi connectivity index (χ1v) is 6.55. The number of hydrogen-bond donors (Lipinski definition) is 2. The van der Waals surface area contributed by atoms with E-state index in [1.54, 1.807) is 0 Å². The van der Waals surface area contributed by atoms with E-state index in [0.717, 1.165) is 32.5 Å². The first-order chi connectivity index (χ1) is 7.65. The average molecular weight is 244 g/mol. The highest BCUT2D eigenvalue weighted by Gasteiger charge is 2.26. The van der Waals surface area contributed by atoms with Crippen LogP contribution in [0.1, 0.15) is 19.3 Å². The number of rotatable bonds is 2. The van der Waals surface area contributed by atoms with Gasteiger partial charge in [-0.2, -0.15) is 12.6 Å². The summed E-state index contributed by atoms with van der Waals surface area (Å²) in [5.74, 6) is 0.675. The molecule has 0 aliphatic carbocycles. The van der Waals surface area contributed by atoms with Gasteiger partial charge in [0.2, 0.25) is 0 Å². The second-order valence-corrected chi connectivity index (χ2v) is 5.65. The second kappa shape index (κ2) is 5.27. The molecule has 0 unspecified atom stereocenters. The normalized spacial score (nSPS) is 28.6. The van der Waals surface area contributed by atoms with Gasteiger partial charge in [-0.05, 0) is 31.7 Å². The number of nitrogens with zero attached hydrogens (tertiary/aromatic N) is 2. The summed E-state index contributed by atoms with van der Waals surface area (Å²) in [6.45, 7) is 4.80. The van der Waals surface area contributed by atoms with Gasteiger partial charge in [0.05, 0.1) is 0 Å². The molecular formula is C11H20N2O2S. The Labute approximate surface area is 102 Å². The van der Waals surface area contributed by atoms with Crippen LogP contribution in [0.4, 0.5) is 4.79 Å². The van der Waals surface area contributed by atoms with Crippen molar-refractivity contribution in [3.63, 3.8) is 0 Å². The summed E-state index contributed by atoms with van der Waals surface area (Å²) in [4.78, 5) is 14.8. The summed E-state index contributed by atoms with van der Waals surface area (Å²) in [7, 11) is 0. The van der Waals surface area contributed by atoms with Crippen molar-refractivity contribution >= 4 is 18.7 Å². The molecule has 2 heterocycles. The number of hydrogen-bond acceptors (Lipinski definition) is 3. The maximum absolute atomic E-state index is 10.8. The van der Waals surface area contributed by atoms with E-state index in [-0.39, 0.29) is 0 Å². The topological polar surface area (TPSA) is 43.8 Å². The number of carboxylic acid groups (broad SMARTS) is 1. The first kappa shape index (κ1) is 12.0. The van der Waals surface area contributed by atoms with E-state index in [1.807, 2.05) is 0 Å². The van der Waals surface area contributed by atoms with Crippen LogP contribution in [0.2, 0.25) is 0 Å². The summed E-state index contributed by atoms with van der Waals surface area (Å²) in [5, 5.41) is 9.39. The van der Waals surface area contributed by atoms with Gasteiger partial charge in [0.25, 0.3) is 0 Å². The second-order valence-electron chi connectivity index (χ2n) is 4.92. The third-order valence-electron chi connectivity index (χ3n) is 3.65. The van der Waals surface area contributed by atoms with Gasteiger partial charge in [0.15, 0.2) is 0 Å². The van der Waals surface area contributed by atoms with Crippen LogP contribution in [-0.2, 0) is 0 Å². The van der Waals surface area contributed by atoms with E-state index in [0.29, 0.717) is 24.3 Å². The Morgan fingerprint density at radius 1 is 1.25 bits per heavy atom. The molecule has 0 aromatic heterocycles. The Hall–Kier alpha value is -0.420. The van der Waals surface area contributed by atoms with Crippen LogP contribution in [0.5, 0.6) is 0 Å². The van der Waals surface area contributed by atoms with Gasteiger partial charge >= 0.3 is 6.09 Å². The molecule has 5 heteroatoms. The molecule has 0 bridgehead atoms. The van der Waals surface area contributed by atoms with E-state index in [4.69, 9.17) is 5.11 Å². The molecular weight excluding hydrogens is 224 g/mol. The minimum Gasteiger partial charge on any atom is -0.465 e. The molecule has 0 saturated carbocycles. The standard InChI is InChI=1S/C11H20N2O2S/c14-11(15)13-5-1-9(2-6-13)7-12-4-3-10(16)8-12/h9-10,16H,1-8H2,(H,14,15)/t10-/m1/s1. The van der Waals surface area contributed by atoms with Gasteiger partial charge in [-0.1, -0.05) is 0 Å². The molecule has 1 amide bonds. The number of thiol groups is 1. The largest absolute Gasteiger partial charge is 0.465 e. The Kier molecular flexibility index (Phi) is 3.97. The number of amides is 1. The molecule has 4 nitrogen and oxygen atoms in total. The highest BCUT2D eigenvalue weighted by Crippen LogP contribution is 2.22. The first-order valence-electron chi connectivity index (χ1n) is 6.03. The van der Waals surface area contributed by atoms with E-state index in [9.17, 15) is 4.79 Å². The Balaban J connectivity index is 1.71. The third-order valence-corrected chi connectivity index (χ3v) is 4.07. The van der Waals surface area contributed by atoms with Crippen LogP contribution < -0.4 is 0 Å².